The van der Waals surface area contributed by atoms with Crippen molar-refractivity contribution in [3.05, 3.63) is 29.8 Å². The minimum atomic E-state index is -1.02. The Morgan fingerprint density at radius 1 is 1.40 bits per heavy atom. The van der Waals surface area contributed by atoms with Crippen molar-refractivity contribution in [1.29, 1.82) is 0 Å². The fourth-order valence-electron chi connectivity index (χ4n) is 0.993. The molecule has 15 heavy (non-hydrogen) atoms. The molecule has 1 unspecified atom stereocenters. The third-order valence-electron chi connectivity index (χ3n) is 1.82. The summed E-state index contributed by atoms with van der Waals surface area (Å²) >= 11 is 0. The van der Waals surface area contributed by atoms with Gasteiger partial charge in [-0.1, -0.05) is 12.1 Å². The highest BCUT2D eigenvalue weighted by atomic mass is 17.1. The molecule has 1 aromatic rings. The molecule has 0 fully saturated rings. The molecular formula is C10H12O5. The number of aliphatic carboxylic acids is 1. The van der Waals surface area contributed by atoms with Crippen LogP contribution < -0.4 is 4.74 Å². The van der Waals surface area contributed by atoms with Crippen LogP contribution >= 0.6 is 0 Å². The second-order valence-corrected chi connectivity index (χ2v) is 3.02. The molecule has 0 heterocycles. The number of carboxylic acids is 1. The summed E-state index contributed by atoms with van der Waals surface area (Å²) in [5, 5.41) is 16.8. The summed E-state index contributed by atoms with van der Waals surface area (Å²) in [6, 6.07) is 6.60. The average molecular weight is 212 g/mol. The van der Waals surface area contributed by atoms with E-state index >= 15 is 0 Å². The Hall–Kier alpha value is -1.59. The summed E-state index contributed by atoms with van der Waals surface area (Å²) < 4.78 is 5.11. The number of carbonyl (C=O) groups is 1. The second-order valence-electron chi connectivity index (χ2n) is 3.02. The van der Waals surface area contributed by atoms with Crippen LogP contribution in [0.3, 0.4) is 0 Å². The SMILES string of the molecule is CC(Oc1ccc(COO)cc1)C(=O)O. The molecule has 0 aliphatic rings. The largest absolute Gasteiger partial charge is 0.479 e. The predicted molar refractivity (Wildman–Crippen MR) is 51.6 cm³/mol. The van der Waals surface area contributed by atoms with Crippen LogP contribution in [0.4, 0.5) is 0 Å². The molecule has 0 aromatic heterocycles. The van der Waals surface area contributed by atoms with E-state index in [1.165, 1.54) is 6.92 Å². The number of ether oxygens (including phenoxy) is 1. The van der Waals surface area contributed by atoms with Crippen molar-refractivity contribution in [3.63, 3.8) is 0 Å². The molecular weight excluding hydrogens is 200 g/mol. The van der Waals surface area contributed by atoms with Crippen molar-refractivity contribution >= 4 is 5.97 Å². The van der Waals surface area contributed by atoms with Gasteiger partial charge in [0, 0.05) is 0 Å². The maximum atomic E-state index is 10.5. The Kier molecular flexibility index (Phi) is 4.08. The van der Waals surface area contributed by atoms with E-state index in [0.29, 0.717) is 5.75 Å². The average Bonchev–Trinajstić information content (AvgIpc) is 2.21. The van der Waals surface area contributed by atoms with Gasteiger partial charge in [-0.05, 0) is 24.6 Å². The Morgan fingerprint density at radius 2 is 2.00 bits per heavy atom. The van der Waals surface area contributed by atoms with E-state index in [2.05, 4.69) is 4.89 Å². The first-order valence-corrected chi connectivity index (χ1v) is 4.38. The minimum Gasteiger partial charge on any atom is -0.479 e. The van der Waals surface area contributed by atoms with Crippen LogP contribution in [0.5, 0.6) is 5.75 Å². The van der Waals surface area contributed by atoms with Gasteiger partial charge in [0.05, 0.1) is 0 Å². The molecule has 82 valence electrons. The first kappa shape index (κ1) is 11.5. The number of benzene rings is 1. The topological polar surface area (TPSA) is 76.0 Å². The van der Waals surface area contributed by atoms with Crippen molar-refractivity contribution in [2.45, 2.75) is 19.6 Å². The van der Waals surface area contributed by atoms with Crippen LogP contribution in [0.15, 0.2) is 24.3 Å². The fraction of sp³-hybridized carbons (Fsp3) is 0.300. The molecule has 0 amide bonds. The molecule has 1 atom stereocenters. The zero-order valence-corrected chi connectivity index (χ0v) is 8.21. The second kappa shape index (κ2) is 5.33. The highest BCUT2D eigenvalue weighted by molar-refractivity contribution is 5.72. The molecule has 5 heteroatoms. The number of rotatable bonds is 5. The van der Waals surface area contributed by atoms with Crippen LogP contribution in [0.2, 0.25) is 0 Å². The highest BCUT2D eigenvalue weighted by Crippen LogP contribution is 2.14. The van der Waals surface area contributed by atoms with E-state index in [1.54, 1.807) is 24.3 Å². The fourth-order valence-corrected chi connectivity index (χ4v) is 0.993. The van der Waals surface area contributed by atoms with Crippen molar-refractivity contribution in [2.75, 3.05) is 0 Å². The van der Waals surface area contributed by atoms with Crippen LogP contribution in [0.25, 0.3) is 0 Å². The van der Waals surface area contributed by atoms with Crippen LogP contribution in [0, 0.1) is 0 Å². The summed E-state index contributed by atoms with van der Waals surface area (Å²) in [6.45, 7) is 1.54. The monoisotopic (exact) mass is 212 g/mol. The van der Waals surface area contributed by atoms with Gasteiger partial charge >= 0.3 is 5.97 Å². The van der Waals surface area contributed by atoms with Crippen molar-refractivity contribution in [3.8, 4) is 5.75 Å². The standard InChI is InChI=1S/C10H12O5/c1-7(10(11)12)15-9-4-2-8(3-5-9)6-14-13/h2-5,7,13H,6H2,1H3,(H,11,12). The normalized spacial score (nSPS) is 12.1. The predicted octanol–water partition coefficient (Wildman–Crippen LogP) is 1.53. The Balaban J connectivity index is 2.60. The van der Waals surface area contributed by atoms with E-state index in [1.807, 2.05) is 0 Å². The first-order valence-electron chi connectivity index (χ1n) is 4.38. The Bertz CT molecular complexity index is 319. The van der Waals surface area contributed by atoms with Crippen molar-refractivity contribution in [2.24, 2.45) is 0 Å². The lowest BCUT2D eigenvalue weighted by Crippen LogP contribution is -2.22. The molecule has 1 aromatic carbocycles. The molecule has 0 aliphatic heterocycles. The third kappa shape index (κ3) is 3.57. The van der Waals surface area contributed by atoms with Crippen molar-refractivity contribution < 1.29 is 24.8 Å². The van der Waals surface area contributed by atoms with Gasteiger partial charge in [-0.3, -0.25) is 5.26 Å². The van der Waals surface area contributed by atoms with Gasteiger partial charge < -0.3 is 9.84 Å². The lowest BCUT2D eigenvalue weighted by molar-refractivity contribution is -0.253. The minimum absolute atomic E-state index is 0.0920. The van der Waals surface area contributed by atoms with Crippen LogP contribution in [-0.4, -0.2) is 22.4 Å². The lowest BCUT2D eigenvalue weighted by Gasteiger charge is -2.10. The molecule has 0 radical (unpaired) electrons. The summed E-state index contributed by atoms with van der Waals surface area (Å²) in [4.78, 5) is 14.4. The first-order chi connectivity index (χ1) is 7.13. The van der Waals surface area contributed by atoms with E-state index in [4.69, 9.17) is 15.1 Å². The number of hydrogen-bond acceptors (Lipinski definition) is 4. The van der Waals surface area contributed by atoms with E-state index in [-0.39, 0.29) is 6.61 Å². The zero-order valence-electron chi connectivity index (χ0n) is 8.21. The van der Waals surface area contributed by atoms with E-state index in [0.717, 1.165) is 5.56 Å². The molecule has 0 aliphatic carbocycles. The van der Waals surface area contributed by atoms with Crippen molar-refractivity contribution in [1.82, 2.24) is 0 Å². The molecule has 2 N–H and O–H groups in total. The maximum Gasteiger partial charge on any atom is 0.344 e. The Labute approximate surface area is 86.8 Å². The lowest BCUT2D eigenvalue weighted by atomic mass is 10.2. The van der Waals surface area contributed by atoms with Gasteiger partial charge in [-0.25, -0.2) is 9.68 Å². The van der Waals surface area contributed by atoms with E-state index in [9.17, 15) is 4.79 Å². The summed E-state index contributed by atoms with van der Waals surface area (Å²) in [5.41, 5.74) is 0.771. The third-order valence-corrected chi connectivity index (χ3v) is 1.82. The smallest absolute Gasteiger partial charge is 0.344 e. The molecule has 0 saturated heterocycles. The number of carboxylic acid groups (broad SMARTS) is 1. The molecule has 5 nitrogen and oxygen atoms in total. The van der Waals surface area contributed by atoms with Gasteiger partial charge in [-0.2, -0.15) is 0 Å². The molecule has 1 rings (SSSR count). The van der Waals surface area contributed by atoms with Gasteiger partial charge in [0.15, 0.2) is 6.10 Å². The molecule has 0 spiro atoms. The summed E-state index contributed by atoms with van der Waals surface area (Å²) in [5.74, 6) is -0.552. The molecule has 0 bridgehead atoms. The van der Waals surface area contributed by atoms with Gasteiger partial charge in [0.1, 0.15) is 12.4 Å². The maximum absolute atomic E-state index is 10.5. The number of hydrogen-bond donors (Lipinski definition) is 2. The van der Waals surface area contributed by atoms with Gasteiger partial charge in [0.25, 0.3) is 0 Å². The summed E-state index contributed by atoms with van der Waals surface area (Å²) in [7, 11) is 0. The highest BCUT2D eigenvalue weighted by Gasteiger charge is 2.11. The van der Waals surface area contributed by atoms with Gasteiger partial charge in [0.2, 0.25) is 0 Å². The van der Waals surface area contributed by atoms with E-state index < -0.39 is 12.1 Å². The zero-order chi connectivity index (χ0) is 11.3. The quantitative estimate of drug-likeness (QED) is 0.571. The van der Waals surface area contributed by atoms with Crippen LogP contribution in [-0.2, 0) is 16.3 Å². The van der Waals surface area contributed by atoms with Gasteiger partial charge in [-0.15, -0.1) is 0 Å². The van der Waals surface area contributed by atoms with Crippen LogP contribution in [0.1, 0.15) is 12.5 Å². The molecule has 0 saturated carbocycles. The Morgan fingerprint density at radius 3 is 2.47 bits per heavy atom. The summed E-state index contributed by atoms with van der Waals surface area (Å²) in [6.07, 6.45) is -0.884.